The molecule has 1 aliphatic carbocycles. The molecule has 2 aliphatic rings. The largest absolute Gasteiger partial charge is 0.489 e. The van der Waals surface area contributed by atoms with Crippen LogP contribution in [-0.4, -0.2) is 11.9 Å². The van der Waals surface area contributed by atoms with E-state index in [1.54, 1.807) is 0 Å². The van der Waals surface area contributed by atoms with Crippen LogP contribution in [0.4, 0.5) is 0 Å². The number of halogens is 1. The molecular formula is C16H19BrO2. The van der Waals surface area contributed by atoms with E-state index in [0.717, 1.165) is 28.1 Å². The van der Waals surface area contributed by atoms with E-state index in [1.165, 1.54) is 32.1 Å². The third-order valence-corrected chi connectivity index (χ3v) is 4.76. The first kappa shape index (κ1) is 13.2. The van der Waals surface area contributed by atoms with Crippen LogP contribution in [0.5, 0.6) is 5.75 Å². The van der Waals surface area contributed by atoms with Gasteiger partial charge in [-0.3, -0.25) is 4.79 Å². The molecule has 1 aliphatic heterocycles. The monoisotopic (exact) mass is 322 g/mol. The number of benzene rings is 1. The smallest absolute Gasteiger partial charge is 0.170 e. The minimum Gasteiger partial charge on any atom is -0.489 e. The average molecular weight is 323 g/mol. The number of ether oxygens (including phenoxy) is 1. The van der Waals surface area contributed by atoms with Crippen molar-refractivity contribution in [3.63, 3.8) is 0 Å². The number of carbonyl (C=O) groups is 1. The molecule has 0 spiro atoms. The molecule has 2 nitrogen and oxygen atoms in total. The number of Topliss-reactive ketones (excluding diaryl/α,β-unsaturated/α-hetero) is 1. The van der Waals surface area contributed by atoms with E-state index < -0.39 is 0 Å². The average Bonchev–Trinajstić information content (AvgIpc) is 2.41. The van der Waals surface area contributed by atoms with Crippen molar-refractivity contribution in [3.8, 4) is 5.75 Å². The van der Waals surface area contributed by atoms with Crippen LogP contribution in [0.3, 0.4) is 0 Å². The Morgan fingerprint density at radius 2 is 2.00 bits per heavy atom. The topological polar surface area (TPSA) is 26.3 Å². The zero-order valence-corrected chi connectivity index (χ0v) is 12.6. The Balaban J connectivity index is 1.70. The molecule has 3 rings (SSSR count). The maximum atomic E-state index is 12.2. The second kappa shape index (κ2) is 5.66. The molecule has 1 aromatic carbocycles. The summed E-state index contributed by atoms with van der Waals surface area (Å²) in [7, 11) is 0. The Kier molecular flexibility index (Phi) is 3.92. The molecule has 1 atom stereocenters. The van der Waals surface area contributed by atoms with Crippen molar-refractivity contribution < 1.29 is 9.53 Å². The number of hydrogen-bond donors (Lipinski definition) is 0. The van der Waals surface area contributed by atoms with E-state index in [0.29, 0.717) is 6.42 Å². The van der Waals surface area contributed by atoms with Gasteiger partial charge in [0.25, 0.3) is 0 Å². The summed E-state index contributed by atoms with van der Waals surface area (Å²) in [5, 5.41) is 0. The van der Waals surface area contributed by atoms with E-state index in [4.69, 9.17) is 4.74 Å². The molecule has 1 heterocycles. The van der Waals surface area contributed by atoms with Crippen molar-refractivity contribution in [1.82, 2.24) is 0 Å². The Hall–Kier alpha value is -0.830. The first-order chi connectivity index (χ1) is 9.22. The van der Waals surface area contributed by atoms with Gasteiger partial charge in [-0.15, -0.1) is 0 Å². The summed E-state index contributed by atoms with van der Waals surface area (Å²) in [5.41, 5.74) is 0.731. The molecule has 1 aromatic rings. The number of carbonyl (C=O) groups excluding carboxylic acids is 1. The van der Waals surface area contributed by atoms with Crippen molar-refractivity contribution in [2.24, 2.45) is 5.92 Å². The summed E-state index contributed by atoms with van der Waals surface area (Å²) in [4.78, 5) is 12.2. The van der Waals surface area contributed by atoms with Crippen LogP contribution in [0.15, 0.2) is 22.7 Å². The van der Waals surface area contributed by atoms with Crippen LogP contribution >= 0.6 is 15.9 Å². The van der Waals surface area contributed by atoms with Gasteiger partial charge in [-0.25, -0.2) is 0 Å². The molecule has 19 heavy (non-hydrogen) atoms. The third-order valence-electron chi connectivity index (χ3n) is 4.27. The molecule has 1 fully saturated rings. The van der Waals surface area contributed by atoms with Crippen molar-refractivity contribution in [3.05, 3.63) is 28.2 Å². The van der Waals surface area contributed by atoms with Gasteiger partial charge < -0.3 is 4.74 Å². The first-order valence-electron chi connectivity index (χ1n) is 7.22. The summed E-state index contributed by atoms with van der Waals surface area (Å²) >= 11 is 3.40. The predicted octanol–water partition coefficient (Wildman–Crippen LogP) is 4.75. The Bertz CT molecular complexity index is 478. The standard InChI is InChI=1S/C16H19BrO2/c17-12-6-7-16-14(9-12)15(18)10-13(19-16)8-11-4-2-1-3-5-11/h6-7,9,11,13H,1-5,8,10H2. The molecule has 1 saturated carbocycles. The van der Waals surface area contributed by atoms with Crippen LogP contribution in [0.25, 0.3) is 0 Å². The second-order valence-corrected chi connectivity index (χ2v) is 6.66. The maximum Gasteiger partial charge on any atom is 0.170 e. The van der Waals surface area contributed by atoms with Crippen LogP contribution in [-0.2, 0) is 0 Å². The highest BCUT2D eigenvalue weighted by molar-refractivity contribution is 9.10. The minimum atomic E-state index is 0.0873. The lowest BCUT2D eigenvalue weighted by atomic mass is 9.84. The van der Waals surface area contributed by atoms with Gasteiger partial charge in [-0.05, 0) is 30.5 Å². The molecule has 3 heteroatoms. The number of rotatable bonds is 2. The third kappa shape index (κ3) is 3.02. The number of ketones is 1. The summed E-state index contributed by atoms with van der Waals surface area (Å²) in [5.74, 6) is 1.74. The normalized spacial score (nSPS) is 23.8. The fourth-order valence-corrected chi connectivity index (χ4v) is 3.65. The lowest BCUT2D eigenvalue weighted by molar-refractivity contribution is 0.0795. The quantitative estimate of drug-likeness (QED) is 0.785. The van der Waals surface area contributed by atoms with Crippen molar-refractivity contribution in [2.45, 2.75) is 51.0 Å². The van der Waals surface area contributed by atoms with Gasteiger partial charge in [0.1, 0.15) is 11.9 Å². The van der Waals surface area contributed by atoms with Crippen LogP contribution < -0.4 is 4.74 Å². The minimum absolute atomic E-state index is 0.0873. The highest BCUT2D eigenvalue weighted by atomic mass is 79.9. The number of fused-ring (bicyclic) bond motifs is 1. The Labute approximate surface area is 122 Å². The molecule has 0 N–H and O–H groups in total. The second-order valence-electron chi connectivity index (χ2n) is 5.75. The van der Waals surface area contributed by atoms with E-state index in [9.17, 15) is 4.79 Å². The predicted molar refractivity (Wildman–Crippen MR) is 78.7 cm³/mol. The van der Waals surface area contributed by atoms with Crippen LogP contribution in [0, 0.1) is 5.92 Å². The van der Waals surface area contributed by atoms with Gasteiger partial charge in [0.05, 0.1) is 5.56 Å². The first-order valence-corrected chi connectivity index (χ1v) is 8.01. The fraction of sp³-hybridized carbons (Fsp3) is 0.562. The zero-order chi connectivity index (χ0) is 13.2. The molecular weight excluding hydrogens is 304 g/mol. The zero-order valence-electron chi connectivity index (χ0n) is 11.0. The van der Waals surface area contributed by atoms with E-state index in [1.807, 2.05) is 18.2 Å². The lowest BCUT2D eigenvalue weighted by Gasteiger charge is -2.30. The summed E-state index contributed by atoms with van der Waals surface area (Å²) < 4.78 is 6.96. The van der Waals surface area contributed by atoms with E-state index >= 15 is 0 Å². The SMILES string of the molecule is O=C1CC(CC2CCCCC2)Oc2ccc(Br)cc21. The van der Waals surface area contributed by atoms with Crippen LogP contribution in [0.1, 0.15) is 55.3 Å². The summed E-state index contributed by atoms with van der Waals surface area (Å²) in [6, 6.07) is 5.72. The van der Waals surface area contributed by atoms with Gasteiger partial charge >= 0.3 is 0 Å². The summed E-state index contributed by atoms with van der Waals surface area (Å²) in [6.45, 7) is 0. The number of hydrogen-bond acceptors (Lipinski definition) is 2. The Morgan fingerprint density at radius 3 is 2.79 bits per heavy atom. The van der Waals surface area contributed by atoms with Crippen molar-refractivity contribution >= 4 is 21.7 Å². The van der Waals surface area contributed by atoms with Crippen molar-refractivity contribution in [1.29, 1.82) is 0 Å². The lowest BCUT2D eigenvalue weighted by Crippen LogP contribution is -2.29. The molecule has 0 radical (unpaired) electrons. The van der Waals surface area contributed by atoms with Crippen molar-refractivity contribution in [2.75, 3.05) is 0 Å². The molecule has 102 valence electrons. The van der Waals surface area contributed by atoms with E-state index in [-0.39, 0.29) is 11.9 Å². The van der Waals surface area contributed by atoms with Gasteiger partial charge in [0.2, 0.25) is 0 Å². The highest BCUT2D eigenvalue weighted by Gasteiger charge is 2.29. The maximum absolute atomic E-state index is 12.2. The highest BCUT2D eigenvalue weighted by Crippen LogP contribution is 2.34. The van der Waals surface area contributed by atoms with Gasteiger partial charge in [0, 0.05) is 10.9 Å². The molecule has 1 unspecified atom stereocenters. The van der Waals surface area contributed by atoms with Gasteiger partial charge in [-0.2, -0.15) is 0 Å². The van der Waals surface area contributed by atoms with E-state index in [2.05, 4.69) is 15.9 Å². The molecule has 0 saturated heterocycles. The van der Waals surface area contributed by atoms with Gasteiger partial charge in [0.15, 0.2) is 5.78 Å². The Morgan fingerprint density at radius 1 is 1.21 bits per heavy atom. The summed E-state index contributed by atoms with van der Waals surface area (Å²) in [6.07, 6.45) is 8.34. The van der Waals surface area contributed by atoms with Gasteiger partial charge in [-0.1, -0.05) is 48.0 Å². The van der Waals surface area contributed by atoms with Crippen LogP contribution in [0.2, 0.25) is 0 Å². The molecule has 0 aromatic heterocycles. The fourth-order valence-electron chi connectivity index (χ4n) is 3.29. The molecule has 0 bridgehead atoms. The molecule has 0 amide bonds.